The van der Waals surface area contributed by atoms with E-state index in [-0.39, 0.29) is 22.8 Å². The predicted molar refractivity (Wildman–Crippen MR) is 86.3 cm³/mol. The molecule has 1 saturated heterocycles. The Kier molecular flexibility index (Phi) is 5.30. The average Bonchev–Trinajstić information content (AvgIpc) is 2.48. The van der Waals surface area contributed by atoms with Gasteiger partial charge in [-0.3, -0.25) is 4.79 Å². The van der Waals surface area contributed by atoms with E-state index in [0.29, 0.717) is 31.5 Å². The van der Waals surface area contributed by atoms with E-state index in [0.717, 1.165) is 0 Å². The average molecular weight is 342 g/mol. The van der Waals surface area contributed by atoms with Crippen molar-refractivity contribution in [3.05, 3.63) is 34.6 Å². The molecule has 1 heterocycles. The zero-order chi connectivity index (χ0) is 17.2. The molecule has 6 heteroatoms. The second-order valence-corrected chi connectivity index (χ2v) is 7.14. The highest BCUT2D eigenvalue weighted by atomic mass is 35.5. The Hall–Kier alpha value is -1.62. The minimum absolute atomic E-state index is 0.0537. The summed E-state index contributed by atoms with van der Waals surface area (Å²) >= 11 is 5.73. The molecule has 0 atom stereocenters. The summed E-state index contributed by atoms with van der Waals surface area (Å²) in [6.45, 7) is 6.40. The maximum absolute atomic E-state index is 13.2. The van der Waals surface area contributed by atoms with E-state index in [4.69, 9.17) is 16.3 Å². The number of carbonyl (C=O) groups is 2. The van der Waals surface area contributed by atoms with Gasteiger partial charge in [0.15, 0.2) is 5.78 Å². The lowest BCUT2D eigenvalue weighted by atomic mass is 9.89. The fraction of sp³-hybridized carbons (Fsp3) is 0.529. The van der Waals surface area contributed by atoms with Gasteiger partial charge in [-0.1, -0.05) is 11.6 Å². The van der Waals surface area contributed by atoms with Gasteiger partial charge in [-0.25, -0.2) is 9.18 Å². The highest BCUT2D eigenvalue weighted by Crippen LogP contribution is 2.25. The van der Waals surface area contributed by atoms with E-state index in [1.165, 1.54) is 18.2 Å². The van der Waals surface area contributed by atoms with E-state index in [9.17, 15) is 14.0 Å². The highest BCUT2D eigenvalue weighted by molar-refractivity contribution is 6.31. The monoisotopic (exact) mass is 341 g/mol. The summed E-state index contributed by atoms with van der Waals surface area (Å²) in [7, 11) is 0. The maximum Gasteiger partial charge on any atom is 0.410 e. The third-order valence-electron chi connectivity index (χ3n) is 3.72. The van der Waals surface area contributed by atoms with Crippen LogP contribution in [0, 0.1) is 11.7 Å². The summed E-state index contributed by atoms with van der Waals surface area (Å²) < 4.78 is 18.5. The quantitative estimate of drug-likeness (QED) is 0.753. The van der Waals surface area contributed by atoms with Crippen molar-refractivity contribution in [1.82, 2.24) is 4.90 Å². The SMILES string of the molecule is CC(C)(C)OC(=O)N1CCC(C(=O)c2ccc(F)c(Cl)c2)CC1. The molecule has 0 N–H and O–H groups in total. The van der Waals surface area contributed by atoms with Crippen LogP contribution in [0.5, 0.6) is 0 Å². The van der Waals surface area contributed by atoms with Gasteiger partial charge in [-0.2, -0.15) is 0 Å². The van der Waals surface area contributed by atoms with Crippen molar-refractivity contribution in [3.63, 3.8) is 0 Å². The number of carbonyl (C=O) groups excluding carboxylic acids is 2. The molecule has 2 rings (SSSR count). The third-order valence-corrected chi connectivity index (χ3v) is 4.01. The van der Waals surface area contributed by atoms with Crippen LogP contribution in [-0.2, 0) is 4.74 Å². The third kappa shape index (κ3) is 4.67. The fourth-order valence-corrected chi connectivity index (χ4v) is 2.72. The van der Waals surface area contributed by atoms with Gasteiger partial charge < -0.3 is 9.64 Å². The number of benzene rings is 1. The molecule has 1 amide bonds. The Morgan fingerprint density at radius 1 is 1.26 bits per heavy atom. The molecule has 23 heavy (non-hydrogen) atoms. The molecule has 1 aromatic carbocycles. The van der Waals surface area contributed by atoms with E-state index in [1.54, 1.807) is 4.90 Å². The number of amides is 1. The van der Waals surface area contributed by atoms with Crippen LogP contribution < -0.4 is 0 Å². The number of hydrogen-bond acceptors (Lipinski definition) is 3. The van der Waals surface area contributed by atoms with Crippen LogP contribution in [0.1, 0.15) is 44.0 Å². The topological polar surface area (TPSA) is 46.6 Å². The van der Waals surface area contributed by atoms with Gasteiger partial charge in [0.05, 0.1) is 5.02 Å². The lowest BCUT2D eigenvalue weighted by molar-refractivity contribution is 0.0182. The Balaban J connectivity index is 1.94. The first-order valence-corrected chi connectivity index (χ1v) is 8.02. The van der Waals surface area contributed by atoms with Gasteiger partial charge >= 0.3 is 6.09 Å². The Bertz CT molecular complexity index is 604. The molecule has 0 saturated carbocycles. The van der Waals surface area contributed by atoms with Gasteiger partial charge in [-0.15, -0.1) is 0 Å². The second-order valence-electron chi connectivity index (χ2n) is 6.73. The molecule has 126 valence electrons. The van der Waals surface area contributed by atoms with Crippen LogP contribution in [-0.4, -0.2) is 35.5 Å². The van der Waals surface area contributed by atoms with E-state index in [1.807, 2.05) is 20.8 Å². The van der Waals surface area contributed by atoms with Gasteiger partial charge in [0, 0.05) is 24.6 Å². The molecule has 4 nitrogen and oxygen atoms in total. The zero-order valence-electron chi connectivity index (χ0n) is 13.6. The highest BCUT2D eigenvalue weighted by Gasteiger charge is 2.30. The van der Waals surface area contributed by atoms with Crippen molar-refractivity contribution in [3.8, 4) is 0 Å². The predicted octanol–water partition coefficient (Wildman–Crippen LogP) is 4.31. The standard InChI is InChI=1S/C17H21ClFNO3/c1-17(2,3)23-16(22)20-8-6-11(7-9-20)15(21)12-4-5-14(19)13(18)10-12/h4-5,10-11H,6-9H2,1-3H3. The number of ether oxygens (including phenoxy) is 1. The molecule has 0 bridgehead atoms. The lowest BCUT2D eigenvalue weighted by Gasteiger charge is -2.33. The minimum Gasteiger partial charge on any atom is -0.444 e. The number of hydrogen-bond donors (Lipinski definition) is 0. The number of halogens is 2. The number of nitrogens with zero attached hydrogens (tertiary/aromatic N) is 1. The summed E-state index contributed by atoms with van der Waals surface area (Å²) in [5.74, 6) is -0.783. The molecule has 0 spiro atoms. The normalized spacial score (nSPS) is 16.3. The molecule has 1 aliphatic rings. The molecule has 1 aliphatic heterocycles. The second kappa shape index (κ2) is 6.87. The number of likely N-dealkylation sites (tertiary alicyclic amines) is 1. The smallest absolute Gasteiger partial charge is 0.410 e. The fourth-order valence-electron chi connectivity index (χ4n) is 2.54. The minimum atomic E-state index is -0.539. The summed E-state index contributed by atoms with van der Waals surface area (Å²) in [6.07, 6.45) is 0.772. The van der Waals surface area contributed by atoms with Crippen LogP contribution >= 0.6 is 11.6 Å². The van der Waals surface area contributed by atoms with Crippen LogP contribution in [0.15, 0.2) is 18.2 Å². The zero-order valence-corrected chi connectivity index (χ0v) is 14.3. The van der Waals surface area contributed by atoms with Gasteiger partial charge in [0.1, 0.15) is 11.4 Å². The first-order chi connectivity index (χ1) is 10.7. The summed E-state index contributed by atoms with van der Waals surface area (Å²) in [4.78, 5) is 26.1. The molecule has 0 aromatic heterocycles. The molecule has 0 unspecified atom stereocenters. The van der Waals surface area contributed by atoms with Gasteiger partial charge in [0.2, 0.25) is 0 Å². The summed E-state index contributed by atoms with van der Waals surface area (Å²) in [6, 6.07) is 4.01. The molecular weight excluding hydrogens is 321 g/mol. The van der Waals surface area contributed by atoms with Crippen molar-refractivity contribution >= 4 is 23.5 Å². The van der Waals surface area contributed by atoms with E-state index >= 15 is 0 Å². The molecule has 0 aliphatic carbocycles. The summed E-state index contributed by atoms with van der Waals surface area (Å²) in [5, 5.41) is -0.0537. The van der Waals surface area contributed by atoms with Crippen LogP contribution in [0.2, 0.25) is 5.02 Å². The first kappa shape index (κ1) is 17.7. The van der Waals surface area contributed by atoms with Crippen molar-refractivity contribution in [2.24, 2.45) is 5.92 Å². The Morgan fingerprint density at radius 3 is 2.39 bits per heavy atom. The number of Topliss-reactive ketones (excluding diaryl/α,β-unsaturated/α-hetero) is 1. The lowest BCUT2D eigenvalue weighted by Crippen LogP contribution is -2.43. The van der Waals surface area contributed by atoms with Gasteiger partial charge in [0.25, 0.3) is 0 Å². The van der Waals surface area contributed by atoms with E-state index in [2.05, 4.69) is 0 Å². The van der Waals surface area contributed by atoms with Crippen molar-refractivity contribution < 1.29 is 18.7 Å². The Morgan fingerprint density at radius 2 is 1.87 bits per heavy atom. The van der Waals surface area contributed by atoms with Gasteiger partial charge in [-0.05, 0) is 51.8 Å². The summed E-state index contributed by atoms with van der Waals surface area (Å²) in [5.41, 5.74) is -0.124. The van der Waals surface area contributed by atoms with Crippen molar-refractivity contribution in [1.29, 1.82) is 0 Å². The number of piperidine rings is 1. The maximum atomic E-state index is 13.2. The molecule has 0 radical (unpaired) electrons. The van der Waals surface area contributed by atoms with Crippen molar-refractivity contribution in [2.75, 3.05) is 13.1 Å². The van der Waals surface area contributed by atoms with Crippen LogP contribution in [0.3, 0.4) is 0 Å². The molecular formula is C17H21ClFNO3. The van der Waals surface area contributed by atoms with Crippen molar-refractivity contribution in [2.45, 2.75) is 39.2 Å². The molecule has 1 aromatic rings. The Labute approximate surface area is 140 Å². The largest absolute Gasteiger partial charge is 0.444 e. The van der Waals surface area contributed by atoms with Crippen LogP contribution in [0.25, 0.3) is 0 Å². The molecule has 1 fully saturated rings. The van der Waals surface area contributed by atoms with Crippen LogP contribution in [0.4, 0.5) is 9.18 Å². The number of ketones is 1. The first-order valence-electron chi connectivity index (χ1n) is 7.64. The number of rotatable bonds is 2. The van der Waals surface area contributed by atoms with E-state index < -0.39 is 11.4 Å².